The van der Waals surface area contributed by atoms with Crippen LogP contribution in [0.5, 0.6) is 0 Å². The number of para-hydroxylation sites is 1. The van der Waals surface area contributed by atoms with Crippen molar-refractivity contribution in [2.75, 3.05) is 23.8 Å². The van der Waals surface area contributed by atoms with E-state index in [2.05, 4.69) is 10.6 Å². The number of hydrogen-bond donors (Lipinski definition) is 2. The van der Waals surface area contributed by atoms with Gasteiger partial charge in [-0.05, 0) is 48.7 Å². The van der Waals surface area contributed by atoms with Gasteiger partial charge >= 0.3 is 11.9 Å². The van der Waals surface area contributed by atoms with Crippen LogP contribution in [0.4, 0.5) is 11.4 Å². The van der Waals surface area contributed by atoms with E-state index in [1.807, 2.05) is 32.0 Å². The summed E-state index contributed by atoms with van der Waals surface area (Å²) in [6.45, 7) is 3.81. The van der Waals surface area contributed by atoms with Crippen LogP contribution in [0, 0.1) is 0 Å². The van der Waals surface area contributed by atoms with Crippen molar-refractivity contribution in [3.8, 4) is 0 Å². The summed E-state index contributed by atoms with van der Waals surface area (Å²) in [5.41, 5.74) is 2.54. The van der Waals surface area contributed by atoms with Gasteiger partial charge in [0.1, 0.15) is 0 Å². The van der Waals surface area contributed by atoms with E-state index >= 15 is 0 Å². The second kappa shape index (κ2) is 12.9. The van der Waals surface area contributed by atoms with Crippen LogP contribution < -0.4 is 10.6 Å². The number of benzene rings is 2. The Bertz CT molecular complexity index is 940. The van der Waals surface area contributed by atoms with Gasteiger partial charge in [0.25, 0.3) is 5.91 Å². The zero-order chi connectivity index (χ0) is 23.3. The smallest absolute Gasteiger partial charge is 0.338 e. The summed E-state index contributed by atoms with van der Waals surface area (Å²) in [6, 6.07) is 13.7. The van der Waals surface area contributed by atoms with Gasteiger partial charge in [-0.25, -0.2) is 4.79 Å². The highest BCUT2D eigenvalue weighted by Gasteiger charge is 2.12. The van der Waals surface area contributed by atoms with Gasteiger partial charge in [-0.1, -0.05) is 32.0 Å². The molecule has 0 bridgehead atoms. The molecule has 2 N–H and O–H groups in total. The average Bonchev–Trinajstić information content (AvgIpc) is 2.80. The van der Waals surface area contributed by atoms with E-state index in [-0.39, 0.29) is 18.7 Å². The van der Waals surface area contributed by atoms with Gasteiger partial charge in [0, 0.05) is 17.8 Å². The number of ether oxygens (including phenoxy) is 2. The Kier molecular flexibility index (Phi) is 9.90. The Balaban J connectivity index is 1.70. The normalized spacial score (nSPS) is 10.2. The predicted octanol–water partition coefficient (Wildman–Crippen LogP) is 3.72. The van der Waals surface area contributed by atoms with E-state index in [0.29, 0.717) is 23.5 Å². The number of amides is 2. The number of hydrogen-bond acceptors (Lipinski definition) is 6. The third-order valence-electron chi connectivity index (χ3n) is 4.43. The summed E-state index contributed by atoms with van der Waals surface area (Å²) in [5, 5.41) is 5.35. The molecule has 0 aromatic heterocycles. The second-order valence-electron chi connectivity index (χ2n) is 6.98. The summed E-state index contributed by atoms with van der Waals surface area (Å²) >= 11 is 0. The molecular weight excluding hydrogens is 412 g/mol. The first-order chi connectivity index (χ1) is 15.4. The number of esters is 2. The number of rotatable bonds is 11. The van der Waals surface area contributed by atoms with Crippen LogP contribution in [-0.4, -0.2) is 37.0 Å². The molecular formula is C24H28N2O6. The zero-order valence-electron chi connectivity index (χ0n) is 18.3. The number of nitrogens with one attached hydrogen (secondary N) is 2. The molecule has 170 valence electrons. The second-order valence-corrected chi connectivity index (χ2v) is 6.98. The van der Waals surface area contributed by atoms with Gasteiger partial charge in [0.2, 0.25) is 5.91 Å². The molecule has 0 heterocycles. The first-order valence-electron chi connectivity index (χ1n) is 10.5. The molecule has 0 atom stereocenters. The minimum Gasteiger partial charge on any atom is -0.462 e. The van der Waals surface area contributed by atoms with Crippen molar-refractivity contribution < 1.29 is 28.7 Å². The molecule has 2 aromatic carbocycles. The highest BCUT2D eigenvalue weighted by Crippen LogP contribution is 2.15. The zero-order valence-corrected chi connectivity index (χ0v) is 18.3. The number of aryl methyl sites for hydroxylation is 1. The topological polar surface area (TPSA) is 111 Å². The number of carbonyl (C=O) groups excluding carboxylic acids is 4. The van der Waals surface area contributed by atoms with E-state index in [0.717, 1.165) is 18.4 Å². The standard InChI is InChI=1S/C24H28N2O6/c1-3-15-31-24(30)18-9-11-19(12-10-18)25-21(27)13-14-23(29)32-16-22(28)26-20-8-6-5-7-17(20)4-2/h5-12H,3-4,13-16H2,1-2H3,(H,25,27)(H,26,28). The Morgan fingerprint density at radius 2 is 1.53 bits per heavy atom. The van der Waals surface area contributed by atoms with Crippen LogP contribution in [0.25, 0.3) is 0 Å². The fraction of sp³-hybridized carbons (Fsp3) is 0.333. The molecule has 0 spiro atoms. The van der Waals surface area contributed by atoms with E-state index in [9.17, 15) is 19.2 Å². The van der Waals surface area contributed by atoms with Gasteiger partial charge in [0.15, 0.2) is 6.61 Å². The third-order valence-corrected chi connectivity index (χ3v) is 4.43. The van der Waals surface area contributed by atoms with Crippen LogP contribution in [-0.2, 0) is 30.3 Å². The van der Waals surface area contributed by atoms with Gasteiger partial charge in [-0.2, -0.15) is 0 Å². The highest BCUT2D eigenvalue weighted by atomic mass is 16.5. The van der Waals surface area contributed by atoms with Crippen LogP contribution in [0.1, 0.15) is 49.0 Å². The van der Waals surface area contributed by atoms with E-state index in [1.54, 1.807) is 30.3 Å². The molecule has 0 radical (unpaired) electrons. The Morgan fingerprint density at radius 3 is 2.22 bits per heavy atom. The molecule has 8 nitrogen and oxygen atoms in total. The quantitative estimate of drug-likeness (QED) is 0.515. The van der Waals surface area contributed by atoms with Crippen LogP contribution >= 0.6 is 0 Å². The van der Waals surface area contributed by atoms with Crippen molar-refractivity contribution in [1.82, 2.24) is 0 Å². The Labute approximate surface area is 187 Å². The minimum absolute atomic E-state index is 0.0978. The average molecular weight is 440 g/mol. The van der Waals surface area contributed by atoms with Gasteiger partial charge in [-0.15, -0.1) is 0 Å². The summed E-state index contributed by atoms with van der Waals surface area (Å²) in [4.78, 5) is 47.7. The van der Waals surface area contributed by atoms with Gasteiger partial charge in [0.05, 0.1) is 18.6 Å². The summed E-state index contributed by atoms with van der Waals surface area (Å²) in [6.07, 6.45) is 1.24. The molecule has 2 amide bonds. The Hall–Kier alpha value is -3.68. The maximum atomic E-state index is 12.0. The lowest BCUT2D eigenvalue weighted by molar-refractivity contribution is -0.147. The van der Waals surface area contributed by atoms with Crippen molar-refractivity contribution in [1.29, 1.82) is 0 Å². The molecule has 0 aliphatic rings. The maximum absolute atomic E-state index is 12.0. The first kappa shape index (κ1) is 24.6. The molecule has 2 rings (SSSR count). The molecule has 0 saturated carbocycles. The molecule has 0 aliphatic heterocycles. The molecule has 0 aliphatic carbocycles. The third kappa shape index (κ3) is 8.22. The molecule has 0 fully saturated rings. The van der Waals surface area contributed by atoms with E-state index in [1.165, 1.54) is 0 Å². The SMILES string of the molecule is CCCOC(=O)c1ccc(NC(=O)CCC(=O)OCC(=O)Nc2ccccc2CC)cc1. The largest absolute Gasteiger partial charge is 0.462 e. The predicted molar refractivity (Wildman–Crippen MR) is 120 cm³/mol. The summed E-state index contributed by atoms with van der Waals surface area (Å²) in [5.74, 6) is -1.89. The van der Waals surface area contributed by atoms with Crippen LogP contribution in [0.3, 0.4) is 0 Å². The molecule has 2 aromatic rings. The maximum Gasteiger partial charge on any atom is 0.338 e. The summed E-state index contributed by atoms with van der Waals surface area (Å²) < 4.78 is 9.98. The molecule has 0 unspecified atom stereocenters. The molecule has 32 heavy (non-hydrogen) atoms. The lowest BCUT2D eigenvalue weighted by atomic mass is 10.1. The van der Waals surface area contributed by atoms with Crippen LogP contribution in [0.15, 0.2) is 48.5 Å². The van der Waals surface area contributed by atoms with Crippen molar-refractivity contribution in [3.63, 3.8) is 0 Å². The first-order valence-corrected chi connectivity index (χ1v) is 10.5. The number of carbonyl (C=O) groups is 4. The van der Waals surface area contributed by atoms with Gasteiger partial charge < -0.3 is 20.1 Å². The van der Waals surface area contributed by atoms with E-state index < -0.39 is 24.5 Å². The van der Waals surface area contributed by atoms with Crippen molar-refractivity contribution in [3.05, 3.63) is 59.7 Å². The van der Waals surface area contributed by atoms with Crippen molar-refractivity contribution in [2.45, 2.75) is 39.5 Å². The minimum atomic E-state index is -0.645. The molecule has 8 heteroatoms. The Morgan fingerprint density at radius 1 is 0.812 bits per heavy atom. The monoisotopic (exact) mass is 440 g/mol. The fourth-order valence-electron chi connectivity index (χ4n) is 2.76. The highest BCUT2D eigenvalue weighted by molar-refractivity contribution is 5.95. The van der Waals surface area contributed by atoms with Crippen molar-refractivity contribution >= 4 is 35.1 Å². The number of anilines is 2. The molecule has 0 saturated heterocycles. The van der Waals surface area contributed by atoms with Crippen LogP contribution in [0.2, 0.25) is 0 Å². The van der Waals surface area contributed by atoms with E-state index in [4.69, 9.17) is 9.47 Å². The lowest BCUT2D eigenvalue weighted by Crippen LogP contribution is -2.22. The fourth-order valence-corrected chi connectivity index (χ4v) is 2.76. The lowest BCUT2D eigenvalue weighted by Gasteiger charge is -2.10. The summed E-state index contributed by atoms with van der Waals surface area (Å²) in [7, 11) is 0. The van der Waals surface area contributed by atoms with Crippen molar-refractivity contribution in [2.24, 2.45) is 0 Å². The van der Waals surface area contributed by atoms with Gasteiger partial charge in [-0.3, -0.25) is 14.4 Å².